The molecule has 37 heavy (non-hydrogen) atoms. The van der Waals surface area contributed by atoms with E-state index >= 15 is 0 Å². The lowest BCUT2D eigenvalue weighted by atomic mass is 10.00. The SMILES string of the molecule is N#Cc1c(O)ccc(C(=O)OC(=O)c2cc(-c3ccccc3OCc3ccccc3)co2)c1C(=O)NN. The summed E-state index contributed by atoms with van der Waals surface area (Å²) in [5.74, 6) is 1.43. The quantitative estimate of drug-likeness (QED) is 0.113. The van der Waals surface area contributed by atoms with E-state index in [-0.39, 0.29) is 5.76 Å². The largest absolute Gasteiger partial charge is 0.507 e. The molecule has 3 aromatic carbocycles. The predicted octanol–water partition coefficient (Wildman–Crippen LogP) is 3.70. The maximum atomic E-state index is 12.7. The van der Waals surface area contributed by atoms with Gasteiger partial charge < -0.3 is 19.0 Å². The summed E-state index contributed by atoms with van der Waals surface area (Å²) in [5.41, 5.74) is 2.43. The topological polar surface area (TPSA) is 165 Å². The fraction of sp³-hybridized carbons (Fsp3) is 0.0370. The molecule has 1 aromatic heterocycles. The molecular weight excluding hydrogens is 478 g/mol. The number of furan rings is 1. The standard InChI is InChI=1S/C27H19N3O7/c28-13-20-21(31)11-10-19(24(20)25(32)30-29)26(33)37-27(34)23-12-17(15-36-23)18-8-4-5-9-22(18)35-14-16-6-2-1-3-7-16/h1-12,15,31H,14,29H2,(H,30,32). The average Bonchev–Trinajstić information content (AvgIpc) is 3.42. The average molecular weight is 497 g/mol. The number of benzene rings is 3. The fourth-order valence-electron chi connectivity index (χ4n) is 3.52. The lowest BCUT2D eigenvalue weighted by molar-refractivity contribution is 0.0373. The molecule has 0 radical (unpaired) electrons. The van der Waals surface area contributed by atoms with Gasteiger partial charge in [0.2, 0.25) is 5.76 Å². The number of nitriles is 1. The van der Waals surface area contributed by atoms with Gasteiger partial charge >= 0.3 is 11.9 Å². The second-order valence-electron chi connectivity index (χ2n) is 7.61. The number of nitrogen functional groups attached to an aromatic ring is 1. The van der Waals surface area contributed by atoms with Gasteiger partial charge in [-0.25, -0.2) is 15.4 Å². The number of para-hydroxylation sites is 1. The Bertz CT molecular complexity index is 1520. The van der Waals surface area contributed by atoms with Crippen LogP contribution in [0.3, 0.4) is 0 Å². The number of phenolic OH excluding ortho intramolecular Hbond substituents is 1. The molecule has 0 bridgehead atoms. The molecule has 4 aromatic rings. The van der Waals surface area contributed by atoms with Gasteiger partial charge in [0.15, 0.2) is 0 Å². The zero-order valence-electron chi connectivity index (χ0n) is 19.1. The number of ether oxygens (including phenoxy) is 2. The minimum absolute atomic E-state index is 0.287. The Balaban J connectivity index is 1.54. The van der Waals surface area contributed by atoms with Crippen molar-refractivity contribution in [2.45, 2.75) is 6.61 Å². The molecule has 10 nitrogen and oxygen atoms in total. The molecule has 184 valence electrons. The van der Waals surface area contributed by atoms with Gasteiger partial charge in [0, 0.05) is 11.1 Å². The summed E-state index contributed by atoms with van der Waals surface area (Å²) in [6.07, 6.45) is 1.31. The highest BCUT2D eigenvalue weighted by Crippen LogP contribution is 2.32. The third-order valence-electron chi connectivity index (χ3n) is 5.29. The van der Waals surface area contributed by atoms with Crippen LogP contribution in [0.2, 0.25) is 0 Å². The number of hydrogen-bond donors (Lipinski definition) is 3. The molecular formula is C27H19N3O7. The monoisotopic (exact) mass is 497 g/mol. The van der Waals surface area contributed by atoms with E-state index in [1.807, 2.05) is 30.3 Å². The Morgan fingerprint density at radius 2 is 1.73 bits per heavy atom. The Kier molecular flexibility index (Phi) is 7.28. The Morgan fingerprint density at radius 1 is 1.00 bits per heavy atom. The van der Waals surface area contributed by atoms with Crippen molar-refractivity contribution in [1.82, 2.24) is 5.43 Å². The van der Waals surface area contributed by atoms with E-state index in [1.165, 1.54) is 12.3 Å². The second kappa shape index (κ2) is 10.9. The lowest BCUT2D eigenvalue weighted by Crippen LogP contribution is -2.32. The number of phenols is 1. The van der Waals surface area contributed by atoms with Gasteiger partial charge in [0.1, 0.15) is 29.7 Å². The van der Waals surface area contributed by atoms with E-state index in [0.29, 0.717) is 23.5 Å². The number of carbonyl (C=O) groups is 3. The first-order valence-electron chi connectivity index (χ1n) is 10.8. The second-order valence-corrected chi connectivity index (χ2v) is 7.61. The van der Waals surface area contributed by atoms with Crippen LogP contribution < -0.4 is 16.0 Å². The zero-order valence-corrected chi connectivity index (χ0v) is 19.1. The molecule has 1 amide bonds. The van der Waals surface area contributed by atoms with E-state index in [4.69, 9.17) is 19.7 Å². The van der Waals surface area contributed by atoms with E-state index in [0.717, 1.165) is 17.7 Å². The first kappa shape index (κ1) is 24.7. The summed E-state index contributed by atoms with van der Waals surface area (Å²) < 4.78 is 16.1. The number of rotatable bonds is 7. The van der Waals surface area contributed by atoms with Crippen molar-refractivity contribution >= 4 is 17.8 Å². The van der Waals surface area contributed by atoms with Crippen LogP contribution in [0.1, 0.15) is 42.4 Å². The summed E-state index contributed by atoms with van der Waals surface area (Å²) >= 11 is 0. The van der Waals surface area contributed by atoms with Crippen molar-refractivity contribution in [2.75, 3.05) is 0 Å². The molecule has 0 aliphatic carbocycles. The number of hydrazine groups is 1. The number of aromatic hydroxyl groups is 1. The summed E-state index contributed by atoms with van der Waals surface area (Å²) in [7, 11) is 0. The molecule has 0 aliphatic rings. The van der Waals surface area contributed by atoms with E-state index in [9.17, 15) is 24.8 Å². The van der Waals surface area contributed by atoms with Crippen LogP contribution in [0.4, 0.5) is 0 Å². The van der Waals surface area contributed by atoms with Crippen LogP contribution in [-0.2, 0) is 11.3 Å². The van der Waals surface area contributed by atoms with Crippen LogP contribution >= 0.6 is 0 Å². The Labute approximate surface area is 210 Å². The molecule has 0 saturated carbocycles. The van der Waals surface area contributed by atoms with Crippen molar-refractivity contribution < 1.29 is 33.4 Å². The molecule has 10 heteroatoms. The highest BCUT2D eigenvalue weighted by atomic mass is 16.6. The predicted molar refractivity (Wildman–Crippen MR) is 129 cm³/mol. The maximum Gasteiger partial charge on any atom is 0.382 e. The van der Waals surface area contributed by atoms with Crippen LogP contribution in [0.5, 0.6) is 11.5 Å². The van der Waals surface area contributed by atoms with Crippen molar-refractivity contribution in [3.63, 3.8) is 0 Å². The first-order chi connectivity index (χ1) is 17.9. The van der Waals surface area contributed by atoms with Gasteiger partial charge in [-0.2, -0.15) is 5.26 Å². The van der Waals surface area contributed by atoms with Crippen LogP contribution in [0.15, 0.2) is 83.5 Å². The van der Waals surface area contributed by atoms with E-state index in [2.05, 4.69) is 0 Å². The smallest absolute Gasteiger partial charge is 0.382 e. The van der Waals surface area contributed by atoms with Gasteiger partial charge in [0.05, 0.1) is 17.4 Å². The number of carbonyl (C=O) groups excluding carboxylic acids is 3. The third-order valence-corrected chi connectivity index (χ3v) is 5.29. The van der Waals surface area contributed by atoms with Gasteiger partial charge in [-0.05, 0) is 29.8 Å². The minimum atomic E-state index is -1.25. The number of esters is 2. The van der Waals surface area contributed by atoms with Gasteiger partial charge in [-0.3, -0.25) is 10.2 Å². The van der Waals surface area contributed by atoms with Crippen LogP contribution in [-0.4, -0.2) is 23.0 Å². The molecule has 0 spiro atoms. The first-order valence-corrected chi connectivity index (χ1v) is 10.8. The van der Waals surface area contributed by atoms with Crippen molar-refractivity contribution in [3.8, 4) is 28.7 Å². The van der Waals surface area contributed by atoms with Crippen LogP contribution in [0, 0.1) is 11.3 Å². The number of hydrogen-bond acceptors (Lipinski definition) is 9. The van der Waals surface area contributed by atoms with Crippen molar-refractivity contribution in [3.05, 3.63) is 107 Å². The van der Waals surface area contributed by atoms with Gasteiger partial charge in [-0.1, -0.05) is 48.5 Å². The van der Waals surface area contributed by atoms with Crippen LogP contribution in [0.25, 0.3) is 11.1 Å². The minimum Gasteiger partial charge on any atom is -0.507 e. The molecule has 0 aliphatic heterocycles. The van der Waals surface area contributed by atoms with Crippen molar-refractivity contribution in [2.24, 2.45) is 5.84 Å². The Hall–Kier alpha value is -5.40. The third kappa shape index (κ3) is 5.32. The molecule has 0 saturated heterocycles. The number of nitrogens with one attached hydrogen (secondary N) is 1. The summed E-state index contributed by atoms with van der Waals surface area (Å²) in [6.45, 7) is 0.329. The summed E-state index contributed by atoms with van der Waals surface area (Å²) in [4.78, 5) is 37.5. The molecule has 1 heterocycles. The van der Waals surface area contributed by atoms with E-state index in [1.54, 1.807) is 35.8 Å². The molecule has 0 fully saturated rings. The number of amides is 1. The highest BCUT2D eigenvalue weighted by molar-refractivity contribution is 6.10. The maximum absolute atomic E-state index is 12.7. The fourth-order valence-corrected chi connectivity index (χ4v) is 3.52. The van der Waals surface area contributed by atoms with Gasteiger partial charge in [0.25, 0.3) is 5.91 Å². The molecule has 4 N–H and O–H groups in total. The van der Waals surface area contributed by atoms with E-state index < -0.39 is 40.3 Å². The Morgan fingerprint density at radius 3 is 2.46 bits per heavy atom. The van der Waals surface area contributed by atoms with Gasteiger partial charge in [-0.15, -0.1) is 0 Å². The molecule has 4 rings (SSSR count). The number of nitrogens with zero attached hydrogens (tertiary/aromatic N) is 1. The lowest BCUT2D eigenvalue weighted by Gasteiger charge is -2.10. The molecule has 0 unspecified atom stereocenters. The molecule has 0 atom stereocenters. The summed E-state index contributed by atoms with van der Waals surface area (Å²) in [6, 6.07) is 21.8. The normalized spacial score (nSPS) is 10.3. The summed E-state index contributed by atoms with van der Waals surface area (Å²) in [5, 5.41) is 19.1. The van der Waals surface area contributed by atoms with Crippen molar-refractivity contribution in [1.29, 1.82) is 5.26 Å². The number of nitrogens with two attached hydrogens (primary N) is 1. The zero-order chi connectivity index (χ0) is 26.4. The highest BCUT2D eigenvalue weighted by Gasteiger charge is 2.27.